The van der Waals surface area contributed by atoms with Gasteiger partial charge in [0.05, 0.1) is 17.8 Å². The largest absolute Gasteiger partial charge is 0.334 e. The van der Waals surface area contributed by atoms with Crippen molar-refractivity contribution in [3.63, 3.8) is 0 Å². The van der Waals surface area contributed by atoms with Crippen molar-refractivity contribution < 1.29 is 4.79 Å². The number of pyridine rings is 1. The molecule has 3 rings (SSSR count). The van der Waals surface area contributed by atoms with Crippen LogP contribution < -0.4 is 0 Å². The number of nitrogens with zero attached hydrogens (tertiary/aromatic N) is 5. The number of carbonyl (C=O) groups is 1. The van der Waals surface area contributed by atoms with Crippen molar-refractivity contribution in [2.45, 2.75) is 39.8 Å². The average molecular weight is 351 g/mol. The third-order valence-electron chi connectivity index (χ3n) is 4.40. The molecule has 6 heteroatoms. The number of fused-ring (bicyclic) bond motifs is 1. The van der Waals surface area contributed by atoms with Crippen molar-refractivity contribution in [3.8, 4) is 0 Å². The molecule has 0 aliphatic heterocycles. The van der Waals surface area contributed by atoms with E-state index in [0.717, 1.165) is 16.6 Å². The molecule has 1 aromatic carbocycles. The van der Waals surface area contributed by atoms with Crippen molar-refractivity contribution >= 4 is 16.8 Å². The van der Waals surface area contributed by atoms with Crippen molar-refractivity contribution in [2.75, 3.05) is 6.54 Å². The minimum atomic E-state index is -0.803. The number of rotatable bonds is 6. The highest BCUT2D eigenvalue weighted by molar-refractivity contribution is 5.83. The second-order valence-corrected chi connectivity index (χ2v) is 7.47. The molecule has 0 N–H and O–H groups in total. The maximum absolute atomic E-state index is 13.3. The molecule has 0 saturated heterocycles. The molecule has 0 aliphatic carbocycles. The summed E-state index contributed by atoms with van der Waals surface area (Å²) in [5.41, 5.74) is 1.02. The summed E-state index contributed by atoms with van der Waals surface area (Å²) in [4.78, 5) is 23.8. The zero-order valence-electron chi connectivity index (χ0n) is 15.8. The van der Waals surface area contributed by atoms with Crippen molar-refractivity contribution in [3.05, 3.63) is 54.7 Å². The Kier molecular flexibility index (Phi) is 5.02. The van der Waals surface area contributed by atoms with E-state index in [-0.39, 0.29) is 5.91 Å². The van der Waals surface area contributed by atoms with Crippen LogP contribution in [-0.4, -0.2) is 37.1 Å². The minimum absolute atomic E-state index is 0.00617. The van der Waals surface area contributed by atoms with Crippen molar-refractivity contribution in [2.24, 2.45) is 5.92 Å². The van der Waals surface area contributed by atoms with E-state index in [1.54, 1.807) is 11.0 Å². The Morgan fingerprint density at radius 3 is 2.65 bits per heavy atom. The van der Waals surface area contributed by atoms with E-state index in [1.165, 1.54) is 6.33 Å². The van der Waals surface area contributed by atoms with Crippen LogP contribution >= 0.6 is 0 Å². The second-order valence-electron chi connectivity index (χ2n) is 7.47. The summed E-state index contributed by atoms with van der Waals surface area (Å²) in [7, 11) is 0. The second kappa shape index (κ2) is 7.23. The topological polar surface area (TPSA) is 63.9 Å². The van der Waals surface area contributed by atoms with Gasteiger partial charge in [0, 0.05) is 11.9 Å². The molecule has 26 heavy (non-hydrogen) atoms. The molecule has 0 unspecified atom stereocenters. The maximum atomic E-state index is 13.3. The van der Waals surface area contributed by atoms with Gasteiger partial charge in [-0.3, -0.25) is 9.78 Å². The number of benzene rings is 1. The molecular formula is C20H25N5O. The Hall–Kier alpha value is -2.76. The summed E-state index contributed by atoms with van der Waals surface area (Å²) in [5.74, 6) is 0.359. The summed E-state index contributed by atoms with van der Waals surface area (Å²) in [5, 5.41) is 5.26. The van der Waals surface area contributed by atoms with Crippen LogP contribution in [0.4, 0.5) is 0 Å². The SMILES string of the molecule is CC(C)CN(Cc1ccc2ccccc2n1)C(=O)C(C)(C)n1cncn1. The smallest absolute Gasteiger partial charge is 0.250 e. The Morgan fingerprint density at radius 2 is 1.96 bits per heavy atom. The van der Waals surface area contributed by atoms with E-state index in [0.29, 0.717) is 19.0 Å². The third-order valence-corrected chi connectivity index (χ3v) is 4.40. The molecule has 6 nitrogen and oxygen atoms in total. The number of aromatic nitrogens is 4. The highest BCUT2D eigenvalue weighted by atomic mass is 16.2. The van der Waals surface area contributed by atoms with E-state index in [2.05, 4.69) is 30.0 Å². The number of hydrogen-bond donors (Lipinski definition) is 0. The van der Waals surface area contributed by atoms with Crippen molar-refractivity contribution in [1.29, 1.82) is 0 Å². The van der Waals surface area contributed by atoms with Gasteiger partial charge in [-0.05, 0) is 31.9 Å². The maximum Gasteiger partial charge on any atom is 0.250 e. The lowest BCUT2D eigenvalue weighted by atomic mass is 10.0. The first-order chi connectivity index (χ1) is 12.4. The molecule has 0 atom stereocenters. The van der Waals surface area contributed by atoms with Crippen LogP contribution in [0.1, 0.15) is 33.4 Å². The van der Waals surface area contributed by atoms with Crippen LogP contribution in [0.3, 0.4) is 0 Å². The van der Waals surface area contributed by atoms with Gasteiger partial charge in [-0.1, -0.05) is 38.1 Å². The molecule has 0 radical (unpaired) electrons. The molecule has 0 fully saturated rings. The summed E-state index contributed by atoms with van der Waals surface area (Å²) >= 11 is 0. The predicted molar refractivity (Wildman–Crippen MR) is 101 cm³/mol. The summed E-state index contributed by atoms with van der Waals surface area (Å²) in [6.45, 7) is 9.08. The molecular weight excluding hydrogens is 326 g/mol. The number of carbonyl (C=O) groups excluding carboxylic acids is 1. The summed E-state index contributed by atoms with van der Waals surface area (Å²) in [6, 6.07) is 12.1. The molecule has 2 aromatic heterocycles. The zero-order chi connectivity index (χ0) is 18.7. The summed E-state index contributed by atoms with van der Waals surface area (Å²) in [6.07, 6.45) is 3.03. The van der Waals surface area contributed by atoms with Gasteiger partial charge < -0.3 is 4.90 Å². The normalized spacial score (nSPS) is 11.9. The van der Waals surface area contributed by atoms with E-state index in [9.17, 15) is 4.79 Å². The highest BCUT2D eigenvalue weighted by Gasteiger charge is 2.35. The Balaban J connectivity index is 1.88. The lowest BCUT2D eigenvalue weighted by molar-refractivity contribution is -0.141. The zero-order valence-corrected chi connectivity index (χ0v) is 15.8. The fraction of sp³-hybridized carbons (Fsp3) is 0.400. The monoisotopic (exact) mass is 351 g/mol. The standard InChI is InChI=1S/C20H25N5O/c1-15(2)11-24(19(26)20(3,4)25-14-21-13-22-25)12-17-10-9-16-7-5-6-8-18(16)23-17/h5-10,13-15H,11-12H2,1-4H3. The minimum Gasteiger partial charge on any atom is -0.334 e. The Labute approximate surface area is 153 Å². The van der Waals surface area contributed by atoms with Gasteiger partial charge in [0.1, 0.15) is 18.2 Å². The first-order valence-corrected chi connectivity index (χ1v) is 8.87. The van der Waals surface area contributed by atoms with Crippen LogP contribution in [0.2, 0.25) is 0 Å². The van der Waals surface area contributed by atoms with Crippen LogP contribution in [-0.2, 0) is 16.9 Å². The quantitative estimate of drug-likeness (QED) is 0.684. The van der Waals surface area contributed by atoms with Crippen LogP contribution in [0.15, 0.2) is 49.1 Å². The fourth-order valence-corrected chi connectivity index (χ4v) is 3.03. The van der Waals surface area contributed by atoms with Gasteiger partial charge in [-0.25, -0.2) is 9.67 Å². The Morgan fingerprint density at radius 1 is 1.19 bits per heavy atom. The highest BCUT2D eigenvalue weighted by Crippen LogP contribution is 2.20. The molecule has 1 amide bonds. The molecule has 0 bridgehead atoms. The molecule has 2 heterocycles. The number of hydrogen-bond acceptors (Lipinski definition) is 4. The Bertz CT molecular complexity index is 886. The third kappa shape index (κ3) is 3.74. The van der Waals surface area contributed by atoms with Gasteiger partial charge in [0.2, 0.25) is 5.91 Å². The first-order valence-electron chi connectivity index (χ1n) is 8.87. The van der Waals surface area contributed by atoms with Gasteiger partial charge >= 0.3 is 0 Å². The van der Waals surface area contributed by atoms with E-state index in [4.69, 9.17) is 4.98 Å². The molecule has 0 saturated carbocycles. The van der Waals surface area contributed by atoms with Crippen LogP contribution in [0.5, 0.6) is 0 Å². The fourth-order valence-electron chi connectivity index (χ4n) is 3.03. The number of amides is 1. The summed E-state index contributed by atoms with van der Waals surface area (Å²) < 4.78 is 1.61. The van der Waals surface area contributed by atoms with E-state index < -0.39 is 5.54 Å². The van der Waals surface area contributed by atoms with E-state index >= 15 is 0 Å². The van der Waals surface area contributed by atoms with Gasteiger partial charge in [-0.2, -0.15) is 5.10 Å². The van der Waals surface area contributed by atoms with Crippen LogP contribution in [0, 0.1) is 5.92 Å². The molecule has 0 spiro atoms. The first kappa shape index (κ1) is 18.0. The number of para-hydroxylation sites is 1. The van der Waals surface area contributed by atoms with Gasteiger partial charge in [0.15, 0.2) is 0 Å². The van der Waals surface area contributed by atoms with Crippen LogP contribution in [0.25, 0.3) is 10.9 Å². The lowest BCUT2D eigenvalue weighted by Gasteiger charge is -2.32. The van der Waals surface area contributed by atoms with E-state index in [1.807, 2.05) is 49.1 Å². The molecule has 136 valence electrons. The van der Waals surface area contributed by atoms with Crippen molar-refractivity contribution in [1.82, 2.24) is 24.6 Å². The predicted octanol–water partition coefficient (Wildman–Crippen LogP) is 3.25. The van der Waals surface area contributed by atoms with Gasteiger partial charge in [-0.15, -0.1) is 0 Å². The molecule has 0 aliphatic rings. The lowest BCUT2D eigenvalue weighted by Crippen LogP contribution is -2.48. The van der Waals surface area contributed by atoms with Gasteiger partial charge in [0.25, 0.3) is 0 Å². The average Bonchev–Trinajstić information content (AvgIpc) is 3.15. The molecule has 3 aromatic rings.